The molecule has 0 unspecified atom stereocenters. The van der Waals surface area contributed by atoms with Crippen molar-refractivity contribution < 1.29 is 62.3 Å². The number of hydrogen-bond donors (Lipinski definition) is 1. The van der Waals surface area contributed by atoms with Gasteiger partial charge in [0.2, 0.25) is 5.91 Å². The Balaban J connectivity index is 0.000000369. The van der Waals surface area contributed by atoms with E-state index in [9.17, 15) is 31.1 Å². The summed E-state index contributed by atoms with van der Waals surface area (Å²) in [4.78, 5) is 12.6. The largest absolute Gasteiger partial charge is 2.00 e. The number of nitrogens with zero attached hydrogens (tertiary/aromatic N) is 1. The predicted molar refractivity (Wildman–Crippen MR) is 124 cm³/mol. The van der Waals surface area contributed by atoms with Gasteiger partial charge >= 0.3 is 37.3 Å². The van der Waals surface area contributed by atoms with Crippen LogP contribution in [0, 0.1) is 75.4 Å². The quantitative estimate of drug-likeness (QED) is 0.132. The number of aryl methyl sites for hydroxylation is 1. The second kappa shape index (κ2) is 12.4. The summed E-state index contributed by atoms with van der Waals surface area (Å²) in [7, 11) is 0. The Kier molecular flexibility index (Phi) is 10.1. The zero-order valence-corrected chi connectivity index (χ0v) is 23.8. The van der Waals surface area contributed by atoms with Gasteiger partial charge < -0.3 is 9.88 Å². The summed E-state index contributed by atoms with van der Waals surface area (Å²) in [5, 5.41) is 2.73. The Morgan fingerprint density at radius 3 is 2.24 bits per heavy atom. The minimum Gasteiger partial charge on any atom is -0.375 e. The van der Waals surface area contributed by atoms with Crippen molar-refractivity contribution >= 4 is 11.6 Å². The van der Waals surface area contributed by atoms with Crippen molar-refractivity contribution in [2.45, 2.75) is 20.0 Å². The van der Waals surface area contributed by atoms with Crippen LogP contribution in [0.4, 0.5) is 32.0 Å². The molecule has 1 heterocycles. The van der Waals surface area contributed by atoms with Crippen LogP contribution in [0.5, 0.6) is 0 Å². The summed E-state index contributed by atoms with van der Waals surface area (Å²) in [6, 6.07) is 18.5. The van der Waals surface area contributed by atoms with Gasteiger partial charge in [0.15, 0.2) is 0 Å². The molecule has 3 aromatic carbocycles. The van der Waals surface area contributed by atoms with Gasteiger partial charge in [0.1, 0.15) is 11.6 Å². The maximum Gasteiger partial charge on any atom is 2.00 e. The monoisotopic (exact) mass is 740 g/mol. The molecule has 10 heteroatoms. The number of para-hydroxylation sites is 1. The summed E-state index contributed by atoms with van der Waals surface area (Å²) in [6.45, 7) is 6.45. The molecule has 0 saturated carbocycles. The molecule has 0 radical (unpaired) electrons. The van der Waals surface area contributed by atoms with Crippen LogP contribution >= 0.6 is 0 Å². The summed E-state index contributed by atoms with van der Waals surface area (Å²) in [5.74, 6) is -4.26. The van der Waals surface area contributed by atoms with E-state index in [0.29, 0.717) is 22.6 Å². The summed E-state index contributed by atoms with van der Waals surface area (Å²) >= 11 is 0. The van der Waals surface area contributed by atoms with Crippen LogP contribution in [0.3, 0.4) is 0 Å². The van der Waals surface area contributed by atoms with E-state index >= 15 is 0 Å². The number of hydrogen-bond acceptors (Lipinski definition) is 1. The second-order valence-electron chi connectivity index (χ2n) is 7.72. The molecule has 0 aliphatic rings. The normalized spacial score (nSPS) is 10.7. The average Bonchev–Trinajstić information content (AvgIpc) is 3.14. The van der Waals surface area contributed by atoms with Gasteiger partial charge in [0.05, 0.1) is 22.6 Å². The van der Waals surface area contributed by atoms with Crippen LogP contribution in [-0.2, 0) is 6.18 Å². The predicted octanol–water partition coefficient (Wildman–Crippen LogP) is 7.45. The van der Waals surface area contributed by atoms with Crippen LogP contribution in [0.2, 0.25) is 0 Å². The topological polar surface area (TPSA) is 34.0 Å². The SMILES string of the molecule is Cc1cc(C(=O)Nc2c[c-]ccc2)c(C)n1-c1ccccc1C(F)(F)F.[CH2-]c1ccc(F)c(F)c1F.[U+2]. The Morgan fingerprint density at radius 1 is 0.973 bits per heavy atom. The molecule has 1 aromatic heterocycles. The van der Waals surface area contributed by atoms with Gasteiger partial charge in [0, 0.05) is 11.4 Å². The standard InChI is InChI=1S/C20H16F3N2O.C7H4F3.U/c1-13-12-16(19(26)24-15-8-4-3-5-9-15)14(2)25(13)18-11-7-6-10-17(18)20(21,22)23;1-4-2-3-5(8)7(10)6(4)9;/h3-4,6-12H,1-2H3,(H,24,26);2-3H,1H2;/q2*-1;+2. The first kappa shape index (κ1) is 30.1. The van der Waals surface area contributed by atoms with Gasteiger partial charge in [-0.25, -0.2) is 8.78 Å². The number of carbonyl (C=O) groups excluding carboxylic acids is 1. The van der Waals surface area contributed by atoms with Gasteiger partial charge in [-0.15, -0.1) is 6.07 Å². The van der Waals surface area contributed by atoms with Crippen molar-refractivity contribution in [3.8, 4) is 5.69 Å². The molecule has 190 valence electrons. The van der Waals surface area contributed by atoms with Gasteiger partial charge in [-0.1, -0.05) is 23.9 Å². The van der Waals surface area contributed by atoms with E-state index in [4.69, 9.17) is 0 Å². The maximum atomic E-state index is 13.4. The Bertz CT molecular complexity index is 1360. The molecule has 0 fully saturated rings. The first-order valence-electron chi connectivity index (χ1n) is 10.5. The number of aromatic nitrogens is 1. The van der Waals surface area contributed by atoms with Crippen LogP contribution in [0.15, 0.2) is 66.7 Å². The zero-order valence-electron chi connectivity index (χ0n) is 19.7. The first-order chi connectivity index (χ1) is 16.9. The maximum absolute atomic E-state index is 13.4. The molecule has 0 atom stereocenters. The molecule has 0 bridgehead atoms. The van der Waals surface area contributed by atoms with Crippen molar-refractivity contribution in [1.82, 2.24) is 4.57 Å². The molecule has 3 nitrogen and oxygen atoms in total. The van der Waals surface area contributed by atoms with Crippen molar-refractivity contribution in [3.63, 3.8) is 0 Å². The number of carbonyl (C=O) groups is 1. The van der Waals surface area contributed by atoms with Crippen molar-refractivity contribution in [2.75, 3.05) is 5.32 Å². The van der Waals surface area contributed by atoms with E-state index < -0.39 is 29.2 Å². The Morgan fingerprint density at radius 2 is 1.65 bits per heavy atom. The Labute approximate surface area is 233 Å². The summed E-state index contributed by atoms with van der Waals surface area (Å²) in [6.07, 6.45) is -4.48. The molecule has 0 aliphatic carbocycles. The summed E-state index contributed by atoms with van der Waals surface area (Å²) < 4.78 is 78.1. The van der Waals surface area contributed by atoms with E-state index in [2.05, 4.69) is 18.3 Å². The zero-order chi connectivity index (χ0) is 26.6. The molecule has 4 rings (SSSR count). The molecule has 0 saturated heterocycles. The van der Waals surface area contributed by atoms with Gasteiger partial charge in [-0.05, 0) is 32.0 Å². The molecule has 37 heavy (non-hydrogen) atoms. The minimum atomic E-state index is -4.48. The second-order valence-corrected chi connectivity index (χ2v) is 7.72. The Hall–Kier alpha value is -3.09. The number of alkyl halides is 3. The van der Waals surface area contributed by atoms with Gasteiger partial charge in [-0.2, -0.15) is 56.0 Å². The molecule has 1 amide bonds. The molecular formula is C27H20F6N2OU. The molecular weight excluding hydrogens is 720 g/mol. The van der Waals surface area contributed by atoms with Crippen molar-refractivity contribution in [2.24, 2.45) is 0 Å². The third-order valence-corrected chi connectivity index (χ3v) is 5.21. The number of nitrogens with one attached hydrogen (secondary N) is 1. The average molecular weight is 740 g/mol. The molecule has 1 N–H and O–H groups in total. The fourth-order valence-corrected chi connectivity index (χ4v) is 3.51. The number of anilines is 1. The molecule has 0 spiro atoms. The van der Waals surface area contributed by atoms with Gasteiger partial charge in [0.25, 0.3) is 0 Å². The molecule has 0 aliphatic heterocycles. The van der Waals surface area contributed by atoms with Crippen LogP contribution in [0.25, 0.3) is 5.69 Å². The van der Waals surface area contributed by atoms with E-state index in [1.165, 1.54) is 16.7 Å². The van der Waals surface area contributed by atoms with Crippen molar-refractivity contribution in [3.05, 3.63) is 125 Å². The van der Waals surface area contributed by atoms with Gasteiger partial charge in [-0.3, -0.25) is 9.18 Å². The van der Waals surface area contributed by atoms with E-state index in [1.807, 2.05) is 0 Å². The fourth-order valence-electron chi connectivity index (χ4n) is 3.51. The molecule has 4 aromatic rings. The fraction of sp³-hybridized carbons (Fsp3) is 0.111. The van der Waals surface area contributed by atoms with Crippen molar-refractivity contribution in [1.29, 1.82) is 0 Å². The third kappa shape index (κ3) is 7.02. The number of benzene rings is 3. The van der Waals surface area contributed by atoms with E-state index in [-0.39, 0.29) is 48.3 Å². The van der Waals surface area contributed by atoms with Crippen LogP contribution < -0.4 is 5.32 Å². The number of rotatable bonds is 3. The van der Waals surface area contributed by atoms with Crippen LogP contribution in [0.1, 0.15) is 32.9 Å². The third-order valence-electron chi connectivity index (χ3n) is 5.21. The first-order valence-corrected chi connectivity index (χ1v) is 10.5. The van der Waals surface area contributed by atoms with Crippen LogP contribution in [-0.4, -0.2) is 10.5 Å². The summed E-state index contributed by atoms with van der Waals surface area (Å²) in [5.41, 5.74) is 0.995. The number of amides is 1. The van der Waals surface area contributed by atoms with E-state index in [1.54, 1.807) is 50.2 Å². The smallest absolute Gasteiger partial charge is 0.375 e. The van der Waals surface area contributed by atoms with E-state index in [0.717, 1.165) is 18.2 Å². The number of halogens is 6. The minimum absolute atomic E-state index is 0.